The van der Waals surface area contributed by atoms with Crippen LogP contribution < -0.4 is 5.32 Å². The van der Waals surface area contributed by atoms with Crippen LogP contribution in [-0.4, -0.2) is 42.8 Å². The maximum Gasteiger partial charge on any atom is 0.406 e. The smallest absolute Gasteiger partial charge is 0.305 e. The molecule has 1 heterocycles. The number of likely N-dealkylation sites (N-methyl/N-ethyl adjacent to an activating group) is 1. The largest absolute Gasteiger partial charge is 0.406 e. The number of alkyl halides is 3. The molecule has 2 fully saturated rings. The van der Waals surface area contributed by atoms with Gasteiger partial charge in [0.25, 0.3) is 0 Å². The van der Waals surface area contributed by atoms with Crippen LogP contribution in [0.3, 0.4) is 0 Å². The minimum atomic E-state index is -4.08. The highest BCUT2D eigenvalue weighted by Crippen LogP contribution is 2.49. The Balaban J connectivity index is 1.92. The summed E-state index contributed by atoms with van der Waals surface area (Å²) in [5.41, 5.74) is -1.54. The van der Waals surface area contributed by atoms with Crippen molar-refractivity contribution in [2.45, 2.75) is 37.0 Å². The van der Waals surface area contributed by atoms with Gasteiger partial charge in [-0.1, -0.05) is 0 Å². The van der Waals surface area contributed by atoms with E-state index in [4.69, 9.17) is 0 Å². The van der Waals surface area contributed by atoms with E-state index in [1.165, 1.54) is 0 Å². The molecule has 0 bridgehead atoms. The van der Waals surface area contributed by atoms with Crippen LogP contribution in [0.4, 0.5) is 13.2 Å². The zero-order chi connectivity index (χ0) is 10.4. The van der Waals surface area contributed by atoms with Gasteiger partial charge in [0.05, 0.1) is 0 Å². The predicted molar refractivity (Wildman–Crippen MR) is 47.1 cm³/mol. The molecule has 0 aromatic rings. The van der Waals surface area contributed by atoms with Gasteiger partial charge in [-0.2, -0.15) is 13.2 Å². The SMILES string of the molecule is CN1CC[C@@H](NC2(C(F)(F)F)CC2)C1. The summed E-state index contributed by atoms with van der Waals surface area (Å²) >= 11 is 0. The zero-order valence-electron chi connectivity index (χ0n) is 8.19. The lowest BCUT2D eigenvalue weighted by molar-refractivity contribution is -0.167. The van der Waals surface area contributed by atoms with Crippen molar-refractivity contribution < 1.29 is 13.2 Å². The molecule has 2 aliphatic rings. The predicted octanol–water partition coefficient (Wildman–Crippen LogP) is 1.38. The molecule has 1 atom stereocenters. The third kappa shape index (κ3) is 1.75. The maximum atomic E-state index is 12.6. The second kappa shape index (κ2) is 3.10. The van der Waals surface area contributed by atoms with Crippen LogP contribution >= 0.6 is 0 Å². The van der Waals surface area contributed by atoms with E-state index in [9.17, 15) is 13.2 Å². The third-order valence-electron chi connectivity index (χ3n) is 3.16. The van der Waals surface area contributed by atoms with Gasteiger partial charge < -0.3 is 4.90 Å². The fraction of sp³-hybridized carbons (Fsp3) is 1.00. The molecule has 0 unspecified atom stereocenters. The van der Waals surface area contributed by atoms with Crippen molar-refractivity contribution in [1.29, 1.82) is 0 Å². The molecule has 1 N–H and O–H groups in total. The molecule has 0 radical (unpaired) electrons. The van der Waals surface area contributed by atoms with Crippen LogP contribution in [0.15, 0.2) is 0 Å². The Morgan fingerprint density at radius 1 is 1.36 bits per heavy atom. The van der Waals surface area contributed by atoms with Crippen molar-refractivity contribution in [2.24, 2.45) is 0 Å². The first-order valence-electron chi connectivity index (χ1n) is 4.96. The number of likely N-dealkylation sites (tertiary alicyclic amines) is 1. The third-order valence-corrected chi connectivity index (χ3v) is 3.16. The van der Waals surface area contributed by atoms with Crippen LogP contribution in [-0.2, 0) is 0 Å². The number of rotatable bonds is 2. The van der Waals surface area contributed by atoms with Crippen molar-refractivity contribution in [3.63, 3.8) is 0 Å². The highest BCUT2D eigenvalue weighted by atomic mass is 19.4. The summed E-state index contributed by atoms with van der Waals surface area (Å²) in [5, 5.41) is 2.77. The molecule has 14 heavy (non-hydrogen) atoms. The van der Waals surface area contributed by atoms with E-state index < -0.39 is 11.7 Å². The summed E-state index contributed by atoms with van der Waals surface area (Å²) in [6.45, 7) is 1.63. The topological polar surface area (TPSA) is 15.3 Å². The first kappa shape index (κ1) is 10.2. The first-order chi connectivity index (χ1) is 6.43. The van der Waals surface area contributed by atoms with Crippen LogP contribution in [0.2, 0.25) is 0 Å². The molecule has 1 aliphatic carbocycles. The lowest BCUT2D eigenvalue weighted by Crippen LogP contribution is -2.50. The van der Waals surface area contributed by atoms with Crippen molar-refractivity contribution in [2.75, 3.05) is 20.1 Å². The van der Waals surface area contributed by atoms with E-state index >= 15 is 0 Å². The summed E-state index contributed by atoms with van der Waals surface area (Å²) in [5.74, 6) is 0. The fourth-order valence-electron chi connectivity index (χ4n) is 2.08. The van der Waals surface area contributed by atoms with Gasteiger partial charge in [-0.15, -0.1) is 0 Å². The van der Waals surface area contributed by atoms with Crippen LogP contribution in [0.5, 0.6) is 0 Å². The quantitative estimate of drug-likeness (QED) is 0.737. The Labute approximate surface area is 81.5 Å². The Kier molecular flexibility index (Phi) is 2.27. The fourth-order valence-corrected chi connectivity index (χ4v) is 2.08. The number of nitrogens with zero attached hydrogens (tertiary/aromatic N) is 1. The molecule has 0 spiro atoms. The minimum absolute atomic E-state index is 0.0177. The Morgan fingerprint density at radius 3 is 2.36 bits per heavy atom. The lowest BCUT2D eigenvalue weighted by Gasteiger charge is -2.24. The van der Waals surface area contributed by atoms with Crippen LogP contribution in [0, 0.1) is 0 Å². The second-order valence-corrected chi connectivity index (χ2v) is 4.47. The van der Waals surface area contributed by atoms with Gasteiger partial charge in [0.2, 0.25) is 0 Å². The standard InChI is InChI=1S/C9H15F3N2/c1-14-5-2-7(6-14)13-8(3-4-8)9(10,11)12/h7,13H,2-6H2,1H3/t7-/m1/s1. The van der Waals surface area contributed by atoms with E-state index in [2.05, 4.69) is 10.2 Å². The average molecular weight is 208 g/mol. The van der Waals surface area contributed by atoms with Gasteiger partial charge in [-0.05, 0) is 32.9 Å². The molecular formula is C9H15F3N2. The number of nitrogens with one attached hydrogen (secondary N) is 1. The molecule has 2 rings (SSSR count). The highest BCUT2D eigenvalue weighted by Gasteiger charge is 2.63. The van der Waals surface area contributed by atoms with E-state index in [1.54, 1.807) is 0 Å². The lowest BCUT2D eigenvalue weighted by atomic mass is 10.2. The summed E-state index contributed by atoms with van der Waals surface area (Å²) in [6, 6.07) is 0.0177. The van der Waals surface area contributed by atoms with Crippen molar-refractivity contribution in [1.82, 2.24) is 10.2 Å². The maximum absolute atomic E-state index is 12.6. The molecular weight excluding hydrogens is 193 g/mol. The van der Waals surface area contributed by atoms with Gasteiger partial charge in [-0.25, -0.2) is 0 Å². The number of halogens is 3. The summed E-state index contributed by atoms with van der Waals surface area (Å²) in [4.78, 5) is 2.06. The number of hydrogen-bond acceptors (Lipinski definition) is 2. The van der Waals surface area contributed by atoms with Crippen molar-refractivity contribution in [3.05, 3.63) is 0 Å². The molecule has 0 amide bonds. The molecule has 2 nitrogen and oxygen atoms in total. The van der Waals surface area contributed by atoms with Crippen molar-refractivity contribution >= 4 is 0 Å². The molecule has 0 aromatic carbocycles. The Morgan fingerprint density at radius 2 is 2.00 bits per heavy atom. The molecule has 5 heteroatoms. The summed E-state index contributed by atoms with van der Waals surface area (Å²) in [6.07, 6.45) is -2.75. The molecule has 1 saturated heterocycles. The Hall–Kier alpha value is -0.290. The van der Waals surface area contributed by atoms with Gasteiger partial charge in [0, 0.05) is 12.6 Å². The van der Waals surface area contributed by atoms with E-state index in [0.717, 1.165) is 19.5 Å². The highest BCUT2D eigenvalue weighted by molar-refractivity contribution is 5.09. The zero-order valence-corrected chi connectivity index (χ0v) is 8.19. The summed E-state index contributed by atoms with van der Waals surface area (Å²) < 4.78 is 37.7. The second-order valence-electron chi connectivity index (χ2n) is 4.47. The van der Waals surface area contributed by atoms with Crippen LogP contribution in [0.25, 0.3) is 0 Å². The molecule has 82 valence electrons. The van der Waals surface area contributed by atoms with Crippen molar-refractivity contribution in [3.8, 4) is 0 Å². The van der Waals surface area contributed by atoms with Crippen LogP contribution in [0.1, 0.15) is 19.3 Å². The monoisotopic (exact) mass is 208 g/mol. The molecule has 1 saturated carbocycles. The molecule has 1 aliphatic heterocycles. The van der Waals surface area contributed by atoms with Gasteiger partial charge in [0.15, 0.2) is 0 Å². The van der Waals surface area contributed by atoms with E-state index in [-0.39, 0.29) is 18.9 Å². The number of hydrogen-bond donors (Lipinski definition) is 1. The van der Waals surface area contributed by atoms with Gasteiger partial charge in [-0.3, -0.25) is 5.32 Å². The van der Waals surface area contributed by atoms with E-state index in [1.807, 2.05) is 7.05 Å². The van der Waals surface area contributed by atoms with Gasteiger partial charge in [0.1, 0.15) is 5.54 Å². The first-order valence-corrected chi connectivity index (χ1v) is 4.96. The average Bonchev–Trinajstić information content (AvgIpc) is 2.71. The molecule has 0 aromatic heterocycles. The normalized spacial score (nSPS) is 32.1. The summed E-state index contributed by atoms with van der Waals surface area (Å²) in [7, 11) is 1.94. The minimum Gasteiger partial charge on any atom is -0.305 e. The van der Waals surface area contributed by atoms with Gasteiger partial charge >= 0.3 is 6.18 Å². The van der Waals surface area contributed by atoms with E-state index in [0.29, 0.717) is 0 Å². The Bertz CT molecular complexity index is 223.